The van der Waals surface area contributed by atoms with E-state index in [-0.39, 0.29) is 6.61 Å². The van der Waals surface area contributed by atoms with Gasteiger partial charge in [0.25, 0.3) is 0 Å². The molecule has 0 atom stereocenters. The molecule has 0 bridgehead atoms. The Morgan fingerprint density at radius 1 is 1.50 bits per heavy atom. The molecule has 62 valence electrons. The van der Waals surface area contributed by atoms with E-state index >= 15 is 0 Å². The van der Waals surface area contributed by atoms with Gasteiger partial charge in [0.2, 0.25) is 5.78 Å². The Labute approximate surface area is 56.7 Å². The third-order valence-electron chi connectivity index (χ3n) is 0.399. The molecule has 0 saturated heterocycles. The van der Waals surface area contributed by atoms with Crippen molar-refractivity contribution in [2.75, 3.05) is 6.61 Å². The fraction of sp³-hybridized carbons (Fsp3) is 0.800. The van der Waals surface area contributed by atoms with Gasteiger partial charge in [0.05, 0.1) is 0 Å². The second-order valence-electron chi connectivity index (χ2n) is 1.37. The predicted molar refractivity (Wildman–Crippen MR) is 29.5 cm³/mol. The van der Waals surface area contributed by atoms with Gasteiger partial charge in [0.1, 0.15) is 0 Å². The summed E-state index contributed by atoms with van der Waals surface area (Å²) in [6.07, 6.45) is -4.64. The molecule has 0 saturated carbocycles. The topological polar surface area (TPSA) is 37.3 Å². The maximum Gasteiger partial charge on any atom is 0.449 e. The molecule has 0 aromatic carbocycles. The van der Waals surface area contributed by atoms with Crippen molar-refractivity contribution in [2.45, 2.75) is 20.0 Å². The summed E-state index contributed by atoms with van der Waals surface area (Å²) in [5.74, 6) is -1.76. The van der Waals surface area contributed by atoms with Gasteiger partial charge in [0.15, 0.2) is 0 Å². The van der Waals surface area contributed by atoms with E-state index in [4.69, 9.17) is 5.11 Å². The Balaban J connectivity index is 0. The van der Waals surface area contributed by atoms with E-state index in [0.717, 1.165) is 0 Å². The number of aliphatic hydroxyl groups excluding tert-OH is 1. The predicted octanol–water partition coefficient (Wildman–Crippen LogP) is 1.14. The second-order valence-corrected chi connectivity index (χ2v) is 1.37. The lowest BCUT2D eigenvalue weighted by Gasteiger charge is -1.95. The van der Waals surface area contributed by atoms with Crippen LogP contribution in [0.2, 0.25) is 0 Å². The molecule has 0 amide bonds. The first kappa shape index (κ1) is 12.1. The van der Waals surface area contributed by atoms with Crippen LogP contribution >= 0.6 is 0 Å². The van der Waals surface area contributed by atoms with Gasteiger partial charge in [-0.25, -0.2) is 0 Å². The highest BCUT2D eigenvalue weighted by Gasteiger charge is 2.33. The van der Waals surface area contributed by atoms with Gasteiger partial charge in [0, 0.05) is 13.5 Å². The molecule has 0 fully saturated rings. The average molecular weight is 158 g/mol. The van der Waals surface area contributed by atoms with Gasteiger partial charge in [-0.1, -0.05) is 0 Å². The van der Waals surface area contributed by atoms with E-state index in [1.807, 2.05) is 0 Å². The van der Waals surface area contributed by atoms with Crippen molar-refractivity contribution in [3.63, 3.8) is 0 Å². The Kier molecular flexibility index (Phi) is 6.34. The zero-order valence-corrected chi connectivity index (χ0v) is 5.70. The van der Waals surface area contributed by atoms with Crippen molar-refractivity contribution in [2.24, 2.45) is 0 Å². The van der Waals surface area contributed by atoms with Crippen molar-refractivity contribution in [1.29, 1.82) is 0 Å². The fourth-order valence-corrected chi connectivity index (χ4v) is 0. The lowest BCUT2D eigenvalue weighted by atomic mass is 10.5. The molecular formula is C5H9F3O2. The fourth-order valence-electron chi connectivity index (χ4n) is 0. The van der Waals surface area contributed by atoms with E-state index < -0.39 is 12.0 Å². The summed E-state index contributed by atoms with van der Waals surface area (Å²) in [5.41, 5.74) is 0. The molecule has 0 heterocycles. The molecular weight excluding hydrogens is 149 g/mol. The molecule has 5 heteroatoms. The van der Waals surface area contributed by atoms with Crippen molar-refractivity contribution in [3.8, 4) is 0 Å². The molecule has 0 aromatic heterocycles. The quantitative estimate of drug-likeness (QED) is 0.573. The van der Waals surface area contributed by atoms with Gasteiger partial charge >= 0.3 is 6.18 Å². The highest BCUT2D eigenvalue weighted by Crippen LogP contribution is 2.14. The van der Waals surface area contributed by atoms with E-state index in [9.17, 15) is 18.0 Å². The van der Waals surface area contributed by atoms with Crippen LogP contribution in [0.4, 0.5) is 13.2 Å². The van der Waals surface area contributed by atoms with Crippen molar-refractivity contribution < 1.29 is 23.1 Å². The molecule has 2 nitrogen and oxygen atoms in total. The SMILES string of the molecule is CC(=O)C(F)(F)F.CCO. The number of halogens is 3. The van der Waals surface area contributed by atoms with E-state index in [1.165, 1.54) is 0 Å². The normalized spacial score (nSPS) is 9.80. The first-order chi connectivity index (χ1) is 4.36. The molecule has 1 N–H and O–H groups in total. The second kappa shape index (κ2) is 5.22. The molecule has 0 radical (unpaired) electrons. The highest BCUT2D eigenvalue weighted by molar-refractivity contribution is 5.81. The van der Waals surface area contributed by atoms with Crippen molar-refractivity contribution in [3.05, 3.63) is 0 Å². The first-order valence-electron chi connectivity index (χ1n) is 2.54. The number of Topliss-reactive ketones (excluding diaryl/α,β-unsaturated/α-hetero) is 1. The molecule has 0 spiro atoms. The van der Waals surface area contributed by atoms with Gasteiger partial charge in [-0.2, -0.15) is 13.2 Å². The number of carbonyl (C=O) groups is 1. The Hall–Kier alpha value is -0.580. The summed E-state index contributed by atoms with van der Waals surface area (Å²) < 4.78 is 32.5. The van der Waals surface area contributed by atoms with Crippen LogP contribution in [-0.2, 0) is 4.79 Å². The van der Waals surface area contributed by atoms with Crippen LogP contribution in [0.3, 0.4) is 0 Å². The van der Waals surface area contributed by atoms with Gasteiger partial charge in [-0.15, -0.1) is 0 Å². The summed E-state index contributed by atoms with van der Waals surface area (Å²) >= 11 is 0. The maximum absolute atomic E-state index is 10.8. The Bertz CT molecular complexity index is 97.6. The standard InChI is InChI=1S/C3H3F3O.C2H6O/c1-2(7)3(4,5)6;1-2-3/h1H3;3H,2H2,1H3. The lowest BCUT2D eigenvalue weighted by Crippen LogP contribution is -2.18. The average Bonchev–Trinajstić information content (AvgIpc) is 1.64. The van der Waals surface area contributed by atoms with Gasteiger partial charge in [-0.05, 0) is 6.92 Å². The molecule has 0 unspecified atom stereocenters. The van der Waals surface area contributed by atoms with Crippen LogP contribution in [0.15, 0.2) is 0 Å². The minimum absolute atomic E-state index is 0.250. The van der Waals surface area contributed by atoms with Gasteiger partial charge < -0.3 is 5.11 Å². The van der Waals surface area contributed by atoms with Crippen molar-refractivity contribution in [1.82, 2.24) is 0 Å². The van der Waals surface area contributed by atoms with Crippen LogP contribution in [-0.4, -0.2) is 23.7 Å². The zero-order valence-electron chi connectivity index (χ0n) is 5.70. The number of alkyl halides is 3. The first-order valence-corrected chi connectivity index (χ1v) is 2.54. The number of hydrogen-bond donors (Lipinski definition) is 1. The number of ketones is 1. The number of aliphatic hydroxyl groups is 1. The van der Waals surface area contributed by atoms with E-state index in [1.54, 1.807) is 6.92 Å². The van der Waals surface area contributed by atoms with Crippen LogP contribution in [0.1, 0.15) is 13.8 Å². The smallest absolute Gasteiger partial charge is 0.397 e. The van der Waals surface area contributed by atoms with E-state index in [2.05, 4.69) is 0 Å². The minimum atomic E-state index is -4.64. The summed E-state index contributed by atoms with van der Waals surface area (Å²) in [7, 11) is 0. The minimum Gasteiger partial charge on any atom is -0.397 e. The molecule has 0 aromatic rings. The van der Waals surface area contributed by atoms with Crippen LogP contribution in [0.5, 0.6) is 0 Å². The number of rotatable bonds is 0. The third kappa shape index (κ3) is 10.4. The summed E-state index contributed by atoms with van der Waals surface area (Å²) in [4.78, 5) is 9.34. The zero-order chi connectivity index (χ0) is 8.78. The number of hydrogen-bond acceptors (Lipinski definition) is 2. The van der Waals surface area contributed by atoms with Crippen LogP contribution in [0, 0.1) is 0 Å². The lowest BCUT2D eigenvalue weighted by molar-refractivity contribution is -0.168. The Morgan fingerprint density at radius 2 is 1.60 bits per heavy atom. The molecule has 10 heavy (non-hydrogen) atoms. The third-order valence-corrected chi connectivity index (χ3v) is 0.399. The molecule has 0 rings (SSSR count). The monoisotopic (exact) mass is 158 g/mol. The van der Waals surface area contributed by atoms with Crippen LogP contribution in [0.25, 0.3) is 0 Å². The largest absolute Gasteiger partial charge is 0.449 e. The van der Waals surface area contributed by atoms with Crippen LogP contribution < -0.4 is 0 Å². The summed E-state index contributed by atoms with van der Waals surface area (Å²) in [6, 6.07) is 0. The Morgan fingerprint density at radius 3 is 1.60 bits per heavy atom. The van der Waals surface area contributed by atoms with Crippen molar-refractivity contribution >= 4 is 5.78 Å². The van der Waals surface area contributed by atoms with Gasteiger partial charge in [-0.3, -0.25) is 4.79 Å². The number of carbonyl (C=O) groups excluding carboxylic acids is 1. The van der Waals surface area contributed by atoms with E-state index in [0.29, 0.717) is 6.92 Å². The summed E-state index contributed by atoms with van der Waals surface area (Å²) in [5, 5.41) is 7.57. The summed E-state index contributed by atoms with van der Waals surface area (Å²) in [6.45, 7) is 2.42. The highest BCUT2D eigenvalue weighted by atomic mass is 19.4. The molecule has 0 aliphatic heterocycles. The molecule has 0 aliphatic rings. The maximum atomic E-state index is 10.8. The molecule has 0 aliphatic carbocycles.